The molecule has 1 aliphatic rings. The number of piperazine rings is 1. The number of hydrogen-bond donors (Lipinski definition) is 0. The molecule has 9 heteroatoms. The monoisotopic (exact) mass is 410 g/mol. The highest BCUT2D eigenvalue weighted by molar-refractivity contribution is 5.91. The SMILES string of the molecule is O=C(OCC(=O)N1CCN(c2ccc(F)cc2)CC1)c1ccc(C(F)(F)F)cc1. The Bertz CT molecular complexity index is 859. The van der Waals surface area contributed by atoms with Crippen LogP contribution in [0.2, 0.25) is 0 Å². The largest absolute Gasteiger partial charge is 0.452 e. The number of halogens is 4. The highest BCUT2D eigenvalue weighted by atomic mass is 19.4. The van der Waals surface area contributed by atoms with Gasteiger partial charge in [-0.05, 0) is 48.5 Å². The van der Waals surface area contributed by atoms with E-state index in [1.54, 1.807) is 17.0 Å². The van der Waals surface area contributed by atoms with Gasteiger partial charge in [-0.2, -0.15) is 13.2 Å². The number of rotatable bonds is 4. The van der Waals surface area contributed by atoms with Crippen LogP contribution in [0.3, 0.4) is 0 Å². The maximum absolute atomic E-state index is 13.0. The summed E-state index contributed by atoms with van der Waals surface area (Å²) in [5.41, 5.74) is -0.0803. The number of carbonyl (C=O) groups excluding carboxylic acids is 2. The van der Waals surface area contributed by atoms with Gasteiger partial charge in [0, 0.05) is 31.9 Å². The third kappa shape index (κ3) is 5.24. The molecule has 0 saturated carbocycles. The van der Waals surface area contributed by atoms with Crippen molar-refractivity contribution < 1.29 is 31.9 Å². The van der Waals surface area contributed by atoms with Crippen molar-refractivity contribution in [2.45, 2.75) is 6.18 Å². The van der Waals surface area contributed by atoms with Gasteiger partial charge >= 0.3 is 12.1 Å². The van der Waals surface area contributed by atoms with E-state index in [1.165, 1.54) is 12.1 Å². The minimum Gasteiger partial charge on any atom is -0.452 e. The molecule has 1 heterocycles. The van der Waals surface area contributed by atoms with Gasteiger partial charge in [-0.1, -0.05) is 0 Å². The average molecular weight is 410 g/mol. The number of esters is 1. The van der Waals surface area contributed by atoms with Crippen LogP contribution in [0.15, 0.2) is 48.5 Å². The summed E-state index contributed by atoms with van der Waals surface area (Å²) in [6, 6.07) is 9.66. The van der Waals surface area contributed by atoms with Gasteiger partial charge in [0.2, 0.25) is 0 Å². The van der Waals surface area contributed by atoms with E-state index >= 15 is 0 Å². The van der Waals surface area contributed by atoms with Crippen molar-refractivity contribution in [3.05, 3.63) is 65.5 Å². The van der Waals surface area contributed by atoms with Crippen molar-refractivity contribution in [2.24, 2.45) is 0 Å². The van der Waals surface area contributed by atoms with Crippen molar-refractivity contribution in [1.29, 1.82) is 0 Å². The van der Waals surface area contributed by atoms with Crippen LogP contribution in [0.5, 0.6) is 0 Å². The lowest BCUT2D eigenvalue weighted by Crippen LogP contribution is -2.49. The fourth-order valence-corrected chi connectivity index (χ4v) is 2.96. The molecule has 1 aliphatic heterocycles. The summed E-state index contributed by atoms with van der Waals surface area (Å²) in [5, 5.41) is 0. The number of nitrogens with zero attached hydrogens (tertiary/aromatic N) is 2. The summed E-state index contributed by atoms with van der Waals surface area (Å²) in [6.45, 7) is 1.42. The fourth-order valence-electron chi connectivity index (χ4n) is 2.96. The smallest absolute Gasteiger partial charge is 0.416 e. The van der Waals surface area contributed by atoms with Crippen molar-refractivity contribution >= 4 is 17.6 Å². The predicted molar refractivity (Wildman–Crippen MR) is 96.9 cm³/mol. The molecule has 154 valence electrons. The zero-order chi connectivity index (χ0) is 21.0. The topological polar surface area (TPSA) is 49.9 Å². The first-order valence-corrected chi connectivity index (χ1v) is 8.87. The second kappa shape index (κ2) is 8.50. The highest BCUT2D eigenvalue weighted by Gasteiger charge is 2.30. The Hall–Kier alpha value is -3.10. The summed E-state index contributed by atoms with van der Waals surface area (Å²) >= 11 is 0. The second-order valence-electron chi connectivity index (χ2n) is 6.50. The molecule has 1 amide bonds. The molecule has 0 aromatic heterocycles. The third-order valence-corrected chi connectivity index (χ3v) is 4.60. The molecule has 1 saturated heterocycles. The minimum atomic E-state index is -4.49. The van der Waals surface area contributed by atoms with E-state index in [4.69, 9.17) is 4.74 Å². The summed E-state index contributed by atoms with van der Waals surface area (Å²) < 4.78 is 55.6. The number of alkyl halides is 3. The van der Waals surface area contributed by atoms with Gasteiger partial charge in [0.05, 0.1) is 11.1 Å². The molecule has 0 spiro atoms. The number of ether oxygens (including phenoxy) is 1. The lowest BCUT2D eigenvalue weighted by atomic mass is 10.1. The second-order valence-corrected chi connectivity index (χ2v) is 6.50. The molecular formula is C20H18F4N2O3. The molecule has 3 rings (SSSR count). The van der Waals surface area contributed by atoms with Gasteiger partial charge in [-0.15, -0.1) is 0 Å². The zero-order valence-corrected chi connectivity index (χ0v) is 15.3. The first-order chi connectivity index (χ1) is 13.7. The van der Waals surface area contributed by atoms with Crippen molar-refractivity contribution in [1.82, 2.24) is 4.90 Å². The molecule has 0 radical (unpaired) electrons. The normalized spacial score (nSPS) is 14.6. The number of hydrogen-bond acceptors (Lipinski definition) is 4. The van der Waals surface area contributed by atoms with E-state index in [-0.39, 0.29) is 17.3 Å². The van der Waals surface area contributed by atoms with Crippen LogP contribution >= 0.6 is 0 Å². The van der Waals surface area contributed by atoms with E-state index < -0.39 is 24.3 Å². The zero-order valence-electron chi connectivity index (χ0n) is 15.3. The van der Waals surface area contributed by atoms with Crippen LogP contribution in [-0.4, -0.2) is 49.6 Å². The standard InChI is InChI=1S/C20H18F4N2O3/c21-16-5-7-17(8-6-16)25-9-11-26(12-10-25)18(27)13-29-19(28)14-1-3-15(4-2-14)20(22,23)24/h1-8H,9-13H2. The van der Waals surface area contributed by atoms with E-state index in [0.29, 0.717) is 26.2 Å². The first-order valence-electron chi connectivity index (χ1n) is 8.87. The van der Waals surface area contributed by atoms with Crippen LogP contribution in [0.25, 0.3) is 0 Å². The van der Waals surface area contributed by atoms with Crippen LogP contribution < -0.4 is 4.90 Å². The van der Waals surface area contributed by atoms with E-state index in [0.717, 1.165) is 30.0 Å². The average Bonchev–Trinajstić information content (AvgIpc) is 2.72. The molecule has 5 nitrogen and oxygen atoms in total. The number of anilines is 1. The summed E-state index contributed by atoms with van der Waals surface area (Å²) in [6.07, 6.45) is -4.49. The lowest BCUT2D eigenvalue weighted by Gasteiger charge is -2.36. The Labute approximate surface area is 164 Å². The molecule has 1 fully saturated rings. The van der Waals surface area contributed by atoms with Crippen LogP contribution in [0, 0.1) is 5.82 Å². The maximum atomic E-state index is 13.0. The lowest BCUT2D eigenvalue weighted by molar-refractivity contribution is -0.137. The Kier molecular flexibility index (Phi) is 6.05. The van der Waals surface area contributed by atoms with Crippen molar-refractivity contribution in [3.63, 3.8) is 0 Å². The molecule has 2 aromatic carbocycles. The molecule has 0 atom stereocenters. The van der Waals surface area contributed by atoms with Crippen LogP contribution in [0.4, 0.5) is 23.2 Å². The summed E-state index contributed by atoms with van der Waals surface area (Å²) in [7, 11) is 0. The molecule has 0 bridgehead atoms. The molecule has 29 heavy (non-hydrogen) atoms. The summed E-state index contributed by atoms with van der Waals surface area (Å²) in [4.78, 5) is 27.7. The van der Waals surface area contributed by atoms with E-state index in [1.807, 2.05) is 4.90 Å². The highest BCUT2D eigenvalue weighted by Crippen LogP contribution is 2.29. The molecule has 2 aromatic rings. The number of carbonyl (C=O) groups is 2. The quantitative estimate of drug-likeness (QED) is 0.573. The van der Waals surface area contributed by atoms with Gasteiger partial charge < -0.3 is 14.5 Å². The molecule has 0 aliphatic carbocycles. The van der Waals surface area contributed by atoms with Crippen molar-refractivity contribution in [3.8, 4) is 0 Å². The molecule has 0 N–H and O–H groups in total. The Balaban J connectivity index is 1.47. The molecule has 0 unspecified atom stereocenters. The van der Waals surface area contributed by atoms with Gasteiger partial charge in [-0.3, -0.25) is 4.79 Å². The Morgan fingerprint density at radius 1 is 0.897 bits per heavy atom. The van der Waals surface area contributed by atoms with Gasteiger partial charge in [-0.25, -0.2) is 9.18 Å². The fraction of sp³-hybridized carbons (Fsp3) is 0.300. The predicted octanol–water partition coefficient (Wildman–Crippen LogP) is 3.35. The summed E-state index contributed by atoms with van der Waals surface area (Å²) in [5.74, 6) is -1.57. The first kappa shape index (κ1) is 20.6. The van der Waals surface area contributed by atoms with Gasteiger partial charge in [0.1, 0.15) is 5.82 Å². The molecular weight excluding hydrogens is 392 g/mol. The van der Waals surface area contributed by atoms with Gasteiger partial charge in [0.15, 0.2) is 6.61 Å². The van der Waals surface area contributed by atoms with Crippen LogP contribution in [-0.2, 0) is 15.7 Å². The van der Waals surface area contributed by atoms with Crippen molar-refractivity contribution in [2.75, 3.05) is 37.7 Å². The van der Waals surface area contributed by atoms with E-state index in [2.05, 4.69) is 0 Å². The Morgan fingerprint density at radius 3 is 2.03 bits per heavy atom. The Morgan fingerprint density at radius 2 is 1.48 bits per heavy atom. The maximum Gasteiger partial charge on any atom is 0.416 e. The number of benzene rings is 2. The van der Waals surface area contributed by atoms with Crippen LogP contribution in [0.1, 0.15) is 15.9 Å². The van der Waals surface area contributed by atoms with Gasteiger partial charge in [0.25, 0.3) is 5.91 Å². The van der Waals surface area contributed by atoms with E-state index in [9.17, 15) is 27.2 Å². The minimum absolute atomic E-state index is 0.0630. The number of amides is 1. The third-order valence-electron chi connectivity index (χ3n) is 4.60.